The fourth-order valence-electron chi connectivity index (χ4n) is 4.06. The number of carbonyl (C=O) groups is 1. The van der Waals surface area contributed by atoms with Crippen LogP contribution < -0.4 is 5.32 Å². The molecule has 4 rings (SSSR count). The van der Waals surface area contributed by atoms with Crippen LogP contribution in [0, 0.1) is 5.92 Å². The highest BCUT2D eigenvalue weighted by Gasteiger charge is 2.32. The molecule has 24 heavy (non-hydrogen) atoms. The van der Waals surface area contributed by atoms with Crippen LogP contribution in [0.1, 0.15) is 50.5 Å². The Morgan fingerprint density at radius 1 is 1.04 bits per heavy atom. The van der Waals surface area contributed by atoms with Gasteiger partial charge < -0.3 is 10.1 Å². The molecule has 1 saturated heterocycles. The molecule has 0 unspecified atom stereocenters. The maximum atomic E-state index is 12.8. The third-order valence-electron chi connectivity index (χ3n) is 5.40. The van der Waals surface area contributed by atoms with Gasteiger partial charge in [0.05, 0.1) is 17.4 Å². The van der Waals surface area contributed by atoms with E-state index in [0.29, 0.717) is 19.1 Å². The minimum atomic E-state index is -0.111. The molecule has 1 aromatic rings. The number of nitrogens with zero attached hydrogens (tertiary/aromatic N) is 2. The molecule has 128 valence electrons. The van der Waals surface area contributed by atoms with Gasteiger partial charge in [-0.3, -0.25) is 0 Å². The third kappa shape index (κ3) is 3.05. The molecule has 2 amide bonds. The highest BCUT2D eigenvalue weighted by molar-refractivity contribution is 6.10. The van der Waals surface area contributed by atoms with Gasteiger partial charge in [-0.2, -0.15) is 5.10 Å². The van der Waals surface area contributed by atoms with E-state index in [0.717, 1.165) is 29.8 Å². The molecule has 5 nitrogen and oxygen atoms in total. The number of hydrogen-bond acceptors (Lipinski definition) is 3. The summed E-state index contributed by atoms with van der Waals surface area (Å²) in [7, 11) is 0. The van der Waals surface area contributed by atoms with Gasteiger partial charge in [0.15, 0.2) is 0 Å². The van der Waals surface area contributed by atoms with Crippen molar-refractivity contribution >= 4 is 17.4 Å². The summed E-state index contributed by atoms with van der Waals surface area (Å²) in [5.41, 5.74) is 3.07. The van der Waals surface area contributed by atoms with Crippen LogP contribution in [-0.4, -0.2) is 36.0 Å². The van der Waals surface area contributed by atoms with Gasteiger partial charge in [0.1, 0.15) is 0 Å². The SMILES string of the molecule is O=C1Nc2ccccc2C(C2CCCCC2)=NN1C1CCOCC1. The summed E-state index contributed by atoms with van der Waals surface area (Å²) in [4.78, 5) is 12.8. The van der Waals surface area contributed by atoms with E-state index in [1.165, 1.54) is 32.1 Å². The summed E-state index contributed by atoms with van der Waals surface area (Å²) in [5, 5.41) is 9.70. The lowest BCUT2D eigenvalue weighted by atomic mass is 9.83. The Hall–Kier alpha value is -1.88. The second-order valence-electron chi connectivity index (χ2n) is 6.98. The Labute approximate surface area is 143 Å². The topological polar surface area (TPSA) is 53.9 Å². The van der Waals surface area contributed by atoms with Gasteiger partial charge in [0.25, 0.3) is 0 Å². The van der Waals surface area contributed by atoms with Crippen LogP contribution in [0.5, 0.6) is 0 Å². The van der Waals surface area contributed by atoms with Crippen molar-refractivity contribution < 1.29 is 9.53 Å². The molecule has 3 aliphatic rings. The van der Waals surface area contributed by atoms with E-state index in [-0.39, 0.29) is 12.1 Å². The summed E-state index contributed by atoms with van der Waals surface area (Å²) in [6.07, 6.45) is 7.86. The first-order valence-electron chi connectivity index (χ1n) is 9.19. The second kappa shape index (κ2) is 6.93. The molecule has 2 fully saturated rings. The quantitative estimate of drug-likeness (QED) is 0.892. The van der Waals surface area contributed by atoms with Crippen LogP contribution in [0.15, 0.2) is 29.4 Å². The van der Waals surface area contributed by atoms with Crippen molar-refractivity contribution in [1.82, 2.24) is 5.01 Å². The van der Waals surface area contributed by atoms with Crippen LogP contribution in [0.3, 0.4) is 0 Å². The third-order valence-corrected chi connectivity index (χ3v) is 5.40. The van der Waals surface area contributed by atoms with Crippen molar-refractivity contribution in [3.05, 3.63) is 29.8 Å². The summed E-state index contributed by atoms with van der Waals surface area (Å²) in [6.45, 7) is 1.41. The molecule has 0 aromatic heterocycles. The smallest absolute Gasteiger partial charge is 0.342 e. The van der Waals surface area contributed by atoms with Crippen LogP contribution in [-0.2, 0) is 4.74 Å². The lowest BCUT2D eigenvalue weighted by molar-refractivity contribution is 0.0487. The van der Waals surface area contributed by atoms with Crippen molar-refractivity contribution in [3.63, 3.8) is 0 Å². The fourth-order valence-corrected chi connectivity index (χ4v) is 4.06. The number of nitrogens with one attached hydrogen (secondary N) is 1. The molecule has 0 atom stereocenters. The van der Waals surface area contributed by atoms with Gasteiger partial charge in [-0.1, -0.05) is 37.5 Å². The van der Waals surface area contributed by atoms with Gasteiger partial charge >= 0.3 is 6.03 Å². The highest BCUT2D eigenvalue weighted by atomic mass is 16.5. The summed E-state index contributed by atoms with van der Waals surface area (Å²) in [5.74, 6) is 0.454. The van der Waals surface area contributed by atoms with Crippen LogP contribution >= 0.6 is 0 Å². The number of benzene rings is 1. The van der Waals surface area contributed by atoms with Crippen molar-refractivity contribution in [2.75, 3.05) is 18.5 Å². The summed E-state index contributed by atoms with van der Waals surface area (Å²) >= 11 is 0. The second-order valence-corrected chi connectivity index (χ2v) is 6.98. The van der Waals surface area contributed by atoms with Crippen LogP contribution in [0.2, 0.25) is 0 Å². The predicted octanol–water partition coefficient (Wildman–Crippen LogP) is 4.00. The van der Waals surface area contributed by atoms with Crippen LogP contribution in [0.25, 0.3) is 0 Å². The van der Waals surface area contributed by atoms with Gasteiger partial charge in [0.2, 0.25) is 0 Å². The molecule has 2 aliphatic heterocycles. The van der Waals surface area contributed by atoms with Crippen molar-refractivity contribution in [3.8, 4) is 0 Å². The maximum Gasteiger partial charge on any atom is 0.342 e. The van der Waals surface area contributed by atoms with E-state index in [1.807, 2.05) is 18.2 Å². The Kier molecular flexibility index (Phi) is 4.52. The lowest BCUT2D eigenvalue weighted by Crippen LogP contribution is -2.42. The van der Waals surface area contributed by atoms with E-state index in [1.54, 1.807) is 5.01 Å². The molecule has 1 saturated carbocycles. The van der Waals surface area contributed by atoms with Crippen molar-refractivity contribution in [2.45, 2.75) is 51.0 Å². The number of urea groups is 1. The minimum Gasteiger partial charge on any atom is -0.381 e. The van der Waals surface area contributed by atoms with E-state index >= 15 is 0 Å². The number of hydrazone groups is 1. The number of fused-ring (bicyclic) bond motifs is 1. The first kappa shape index (κ1) is 15.6. The normalized spacial score (nSPS) is 23.2. The number of rotatable bonds is 2. The molecule has 5 heteroatoms. The zero-order chi connectivity index (χ0) is 16.4. The maximum absolute atomic E-state index is 12.8. The van der Waals surface area contributed by atoms with Crippen molar-refractivity contribution in [1.29, 1.82) is 0 Å². The summed E-state index contributed by atoms with van der Waals surface area (Å²) < 4.78 is 5.46. The number of anilines is 1. The zero-order valence-electron chi connectivity index (χ0n) is 14.0. The highest BCUT2D eigenvalue weighted by Crippen LogP contribution is 2.33. The number of para-hydroxylation sites is 1. The lowest BCUT2D eigenvalue weighted by Gasteiger charge is -2.31. The fraction of sp³-hybridized carbons (Fsp3) is 0.579. The number of amides is 2. The van der Waals surface area contributed by atoms with E-state index < -0.39 is 0 Å². The van der Waals surface area contributed by atoms with E-state index in [2.05, 4.69) is 11.4 Å². The number of ether oxygens (including phenoxy) is 1. The van der Waals surface area contributed by atoms with Gasteiger partial charge in [-0.05, 0) is 31.7 Å². The Bertz CT molecular complexity index is 631. The van der Waals surface area contributed by atoms with Crippen molar-refractivity contribution in [2.24, 2.45) is 11.0 Å². The standard InChI is InChI=1S/C19H25N3O2/c23-19-20-17-9-5-4-8-16(17)18(14-6-2-1-3-7-14)21-22(19)15-10-12-24-13-11-15/h4-5,8-9,14-15H,1-3,6-7,10-13H2,(H,20,23). The molecule has 1 aromatic carbocycles. The molecule has 0 radical (unpaired) electrons. The van der Waals surface area contributed by atoms with E-state index in [4.69, 9.17) is 9.84 Å². The van der Waals surface area contributed by atoms with Gasteiger partial charge in [-0.15, -0.1) is 0 Å². The first-order chi connectivity index (χ1) is 11.8. The summed E-state index contributed by atoms with van der Waals surface area (Å²) in [6, 6.07) is 8.11. The molecule has 0 spiro atoms. The zero-order valence-corrected chi connectivity index (χ0v) is 14.0. The largest absolute Gasteiger partial charge is 0.381 e. The van der Waals surface area contributed by atoms with Crippen LogP contribution in [0.4, 0.5) is 10.5 Å². The number of hydrogen-bond donors (Lipinski definition) is 1. The molecule has 1 aliphatic carbocycles. The minimum absolute atomic E-state index is 0.111. The predicted molar refractivity (Wildman–Crippen MR) is 94.3 cm³/mol. The molecule has 0 bridgehead atoms. The number of carbonyl (C=O) groups excluding carboxylic acids is 1. The average molecular weight is 327 g/mol. The van der Waals surface area contributed by atoms with Gasteiger partial charge in [-0.25, -0.2) is 9.80 Å². The van der Waals surface area contributed by atoms with Gasteiger partial charge in [0, 0.05) is 24.7 Å². The molecule has 1 N–H and O–H groups in total. The Morgan fingerprint density at radius 2 is 1.79 bits per heavy atom. The average Bonchev–Trinajstić information content (AvgIpc) is 2.79. The Morgan fingerprint density at radius 3 is 2.58 bits per heavy atom. The van der Waals surface area contributed by atoms with E-state index in [9.17, 15) is 4.79 Å². The Balaban J connectivity index is 1.72. The monoisotopic (exact) mass is 327 g/mol. The first-order valence-corrected chi connectivity index (χ1v) is 9.19. The molecular formula is C19H25N3O2. The molecule has 2 heterocycles. The molecular weight excluding hydrogens is 302 g/mol.